The first kappa shape index (κ1) is 25.0. The Morgan fingerprint density at radius 3 is 2.57 bits per heavy atom. The Labute approximate surface area is 224 Å². The highest BCUT2D eigenvalue weighted by Gasteiger charge is 2.39. The molecule has 2 aliphatic rings. The van der Waals surface area contributed by atoms with Crippen molar-refractivity contribution in [3.05, 3.63) is 94.5 Å². The Hall–Kier alpha value is -3.62. The average molecular weight is 533 g/mol. The van der Waals surface area contributed by atoms with Crippen LogP contribution in [0.25, 0.3) is 0 Å². The summed E-state index contributed by atoms with van der Waals surface area (Å²) in [7, 11) is 1.54. The molecule has 2 aliphatic heterocycles. The van der Waals surface area contributed by atoms with E-state index in [1.165, 1.54) is 17.3 Å². The average Bonchev–Trinajstić information content (AvgIpc) is 3.49. The molecular weight excluding hydrogens is 508 g/mol. The van der Waals surface area contributed by atoms with E-state index >= 15 is 0 Å². The zero-order chi connectivity index (χ0) is 25.9. The quantitative estimate of drug-likeness (QED) is 0.431. The van der Waals surface area contributed by atoms with Crippen molar-refractivity contribution < 1.29 is 14.3 Å². The van der Waals surface area contributed by atoms with Crippen LogP contribution in [0.5, 0.6) is 5.75 Å². The molecule has 5 rings (SSSR count). The summed E-state index contributed by atoms with van der Waals surface area (Å²) in [5.41, 5.74) is 4.68. The lowest BCUT2D eigenvalue weighted by Crippen LogP contribution is -2.25. The summed E-state index contributed by atoms with van der Waals surface area (Å²) in [5.74, 6) is -0.0747. The number of para-hydroxylation sites is 2. The van der Waals surface area contributed by atoms with Crippen molar-refractivity contribution in [2.75, 3.05) is 12.4 Å². The van der Waals surface area contributed by atoms with Gasteiger partial charge in [0.1, 0.15) is 11.0 Å². The first-order valence-corrected chi connectivity index (χ1v) is 13.1. The molecular formula is C28H25ClN4O3S. The van der Waals surface area contributed by atoms with E-state index in [0.29, 0.717) is 28.0 Å². The molecule has 1 N–H and O–H groups in total. The van der Waals surface area contributed by atoms with E-state index < -0.39 is 5.25 Å². The summed E-state index contributed by atoms with van der Waals surface area (Å²) < 4.78 is 5.30. The van der Waals surface area contributed by atoms with Gasteiger partial charge in [0, 0.05) is 17.9 Å². The number of ether oxygens (including phenoxy) is 1. The van der Waals surface area contributed by atoms with Gasteiger partial charge in [0.2, 0.25) is 5.91 Å². The van der Waals surface area contributed by atoms with Gasteiger partial charge in [-0.1, -0.05) is 77.5 Å². The van der Waals surface area contributed by atoms with Crippen LogP contribution in [-0.2, 0) is 9.59 Å². The van der Waals surface area contributed by atoms with E-state index in [2.05, 4.69) is 34.6 Å². The molecule has 0 unspecified atom stereocenters. The van der Waals surface area contributed by atoms with Gasteiger partial charge < -0.3 is 10.1 Å². The summed E-state index contributed by atoms with van der Waals surface area (Å²) in [6.07, 6.45) is 0.639. The monoisotopic (exact) mass is 532 g/mol. The molecule has 188 valence electrons. The van der Waals surface area contributed by atoms with Crippen molar-refractivity contribution in [3.63, 3.8) is 0 Å². The molecule has 0 aliphatic carbocycles. The number of aliphatic imine (C=N–C) groups is 1. The summed E-state index contributed by atoms with van der Waals surface area (Å²) in [5, 5.41) is 10.0. The first-order chi connectivity index (χ1) is 17.9. The predicted molar refractivity (Wildman–Crippen MR) is 148 cm³/mol. The third-order valence-electron chi connectivity index (χ3n) is 6.23. The number of aryl methyl sites for hydroxylation is 1. The summed E-state index contributed by atoms with van der Waals surface area (Å²) in [6, 6.07) is 22.8. The van der Waals surface area contributed by atoms with Crippen LogP contribution in [0.2, 0.25) is 5.02 Å². The number of methoxy groups -OCH3 is 1. The highest BCUT2D eigenvalue weighted by molar-refractivity contribution is 8.15. The fourth-order valence-electron chi connectivity index (χ4n) is 4.27. The van der Waals surface area contributed by atoms with Crippen molar-refractivity contribution in [1.29, 1.82) is 0 Å². The van der Waals surface area contributed by atoms with Gasteiger partial charge in [-0.25, -0.2) is 5.01 Å². The molecule has 2 heterocycles. The number of hydrogen-bond acceptors (Lipinski definition) is 6. The van der Waals surface area contributed by atoms with Gasteiger partial charge in [-0.3, -0.25) is 9.59 Å². The minimum atomic E-state index is -0.630. The van der Waals surface area contributed by atoms with Crippen LogP contribution in [0.4, 0.5) is 5.69 Å². The number of carbonyl (C=O) groups excluding carboxylic acids is 2. The molecule has 0 spiro atoms. The van der Waals surface area contributed by atoms with Crippen LogP contribution in [0, 0.1) is 6.92 Å². The maximum absolute atomic E-state index is 12.8. The topological polar surface area (TPSA) is 83.4 Å². The molecule has 0 bridgehead atoms. The lowest BCUT2D eigenvalue weighted by atomic mass is 9.98. The summed E-state index contributed by atoms with van der Waals surface area (Å²) >= 11 is 7.39. The Morgan fingerprint density at radius 1 is 1.11 bits per heavy atom. The Bertz CT molecular complexity index is 1390. The van der Waals surface area contributed by atoms with E-state index in [0.717, 1.165) is 16.8 Å². The highest BCUT2D eigenvalue weighted by Crippen LogP contribution is 2.39. The van der Waals surface area contributed by atoms with Crippen LogP contribution in [0.3, 0.4) is 0 Å². The van der Waals surface area contributed by atoms with Crippen molar-refractivity contribution in [3.8, 4) is 5.75 Å². The second kappa shape index (κ2) is 10.8. The van der Waals surface area contributed by atoms with Gasteiger partial charge in [0.05, 0.1) is 24.6 Å². The molecule has 3 aromatic carbocycles. The molecule has 0 saturated heterocycles. The van der Waals surface area contributed by atoms with Gasteiger partial charge in [-0.2, -0.15) is 10.1 Å². The minimum absolute atomic E-state index is 0.0114. The van der Waals surface area contributed by atoms with Crippen LogP contribution >= 0.6 is 23.4 Å². The number of thioether (sulfide) groups is 1. The summed E-state index contributed by atoms with van der Waals surface area (Å²) in [4.78, 5) is 29.9. The van der Waals surface area contributed by atoms with E-state index in [1.54, 1.807) is 24.3 Å². The lowest BCUT2D eigenvalue weighted by Gasteiger charge is -2.23. The molecule has 2 atom stereocenters. The number of rotatable bonds is 6. The van der Waals surface area contributed by atoms with Gasteiger partial charge >= 0.3 is 0 Å². The molecule has 0 saturated carbocycles. The molecule has 37 heavy (non-hydrogen) atoms. The van der Waals surface area contributed by atoms with Gasteiger partial charge in [-0.05, 0) is 42.3 Å². The van der Waals surface area contributed by atoms with Crippen LogP contribution in [-0.4, -0.2) is 40.1 Å². The second-order valence-corrected chi connectivity index (χ2v) is 10.4. The standard InChI is InChI=1S/C28H25ClN4O3S/c1-17-7-9-18(10-8-17)22-15-23(19-11-13-20(29)14-12-19)33(32-22)28-31-27(35)25(37-28)16-26(34)30-21-5-3-4-6-24(21)36-2/h3-14,23,25H,15-16H2,1-2H3,(H,30,34)/t23-,25-/m1/s1. The van der Waals surface area contributed by atoms with Crippen molar-refractivity contribution in [2.24, 2.45) is 10.1 Å². The third kappa shape index (κ3) is 5.55. The predicted octanol–water partition coefficient (Wildman–Crippen LogP) is 5.83. The normalized spacial score (nSPS) is 19.0. The van der Waals surface area contributed by atoms with Gasteiger partial charge in [0.25, 0.3) is 5.91 Å². The fraction of sp³-hybridized carbons (Fsp3) is 0.214. The summed E-state index contributed by atoms with van der Waals surface area (Å²) in [6.45, 7) is 2.04. The minimum Gasteiger partial charge on any atom is -0.495 e. The molecule has 3 aromatic rings. The molecule has 0 fully saturated rings. The Balaban J connectivity index is 1.35. The number of nitrogens with zero attached hydrogens (tertiary/aromatic N) is 3. The first-order valence-electron chi connectivity index (χ1n) is 11.8. The van der Waals surface area contributed by atoms with E-state index in [9.17, 15) is 9.59 Å². The van der Waals surface area contributed by atoms with E-state index in [-0.39, 0.29) is 24.3 Å². The van der Waals surface area contributed by atoms with Crippen molar-refractivity contribution in [1.82, 2.24) is 5.01 Å². The number of hydrazone groups is 1. The molecule has 0 aromatic heterocycles. The number of anilines is 1. The smallest absolute Gasteiger partial charge is 0.262 e. The van der Waals surface area contributed by atoms with Crippen molar-refractivity contribution in [2.45, 2.75) is 31.1 Å². The number of carbonyl (C=O) groups is 2. The van der Waals surface area contributed by atoms with Gasteiger partial charge in [0.15, 0.2) is 5.17 Å². The van der Waals surface area contributed by atoms with Crippen LogP contribution < -0.4 is 10.1 Å². The molecule has 9 heteroatoms. The number of amides is 2. The number of benzene rings is 3. The van der Waals surface area contributed by atoms with Gasteiger partial charge in [-0.15, -0.1) is 0 Å². The fourth-order valence-corrected chi connectivity index (χ4v) is 5.46. The van der Waals surface area contributed by atoms with E-state index in [1.807, 2.05) is 43.3 Å². The maximum atomic E-state index is 12.8. The number of hydrogen-bond donors (Lipinski definition) is 1. The van der Waals surface area contributed by atoms with Crippen LogP contribution in [0.1, 0.15) is 35.6 Å². The molecule has 2 amide bonds. The van der Waals surface area contributed by atoms with E-state index in [4.69, 9.17) is 21.4 Å². The largest absolute Gasteiger partial charge is 0.495 e. The third-order valence-corrected chi connectivity index (χ3v) is 7.62. The number of nitrogens with one attached hydrogen (secondary N) is 1. The maximum Gasteiger partial charge on any atom is 0.262 e. The zero-order valence-electron chi connectivity index (χ0n) is 20.3. The SMILES string of the molecule is COc1ccccc1NC(=O)C[C@H]1SC(N2N=C(c3ccc(C)cc3)C[C@@H]2c2ccc(Cl)cc2)=NC1=O. The highest BCUT2D eigenvalue weighted by atomic mass is 35.5. The number of amidine groups is 1. The second-order valence-electron chi connectivity index (χ2n) is 8.82. The lowest BCUT2D eigenvalue weighted by molar-refractivity contribution is -0.121. The molecule has 0 radical (unpaired) electrons. The molecule has 7 nitrogen and oxygen atoms in total. The van der Waals surface area contributed by atoms with Crippen LogP contribution in [0.15, 0.2) is 82.9 Å². The number of halogens is 1. The Kier molecular flexibility index (Phi) is 7.30. The van der Waals surface area contributed by atoms with Crippen molar-refractivity contribution >= 4 is 51.7 Å². The zero-order valence-corrected chi connectivity index (χ0v) is 21.9. The Morgan fingerprint density at radius 2 is 1.84 bits per heavy atom.